The lowest BCUT2D eigenvalue weighted by atomic mass is 9.76. The molecule has 6 nitrogen and oxygen atoms in total. The zero-order chi connectivity index (χ0) is 27.4. The molecule has 4 rings (SSSR count). The van der Waals surface area contributed by atoms with Crippen molar-refractivity contribution >= 4 is 15.9 Å². The Morgan fingerprint density at radius 2 is 1.59 bits per heavy atom. The van der Waals surface area contributed by atoms with Gasteiger partial charge in [-0.05, 0) is 118 Å². The van der Waals surface area contributed by atoms with Gasteiger partial charge in [0.05, 0.1) is 58.5 Å². The van der Waals surface area contributed by atoms with Crippen molar-refractivity contribution in [2.24, 2.45) is 0 Å². The Balaban J connectivity index is 1.29. The van der Waals surface area contributed by atoms with Crippen LogP contribution in [0.3, 0.4) is 0 Å². The smallest absolute Gasteiger partial charge is 0.0924 e. The number of halogens is 1. The minimum atomic E-state index is -0.906. The van der Waals surface area contributed by atoms with Crippen molar-refractivity contribution in [3.8, 4) is 0 Å². The van der Waals surface area contributed by atoms with E-state index in [9.17, 15) is 10.2 Å². The first-order valence-electron chi connectivity index (χ1n) is 14.4. The molecule has 2 N–H and O–H groups in total. The first-order chi connectivity index (χ1) is 17.0. The van der Waals surface area contributed by atoms with Gasteiger partial charge in [0.25, 0.3) is 0 Å². The summed E-state index contributed by atoms with van der Waals surface area (Å²) in [6, 6.07) is 0. The Bertz CT molecular complexity index is 840. The number of rotatable bonds is 7. The van der Waals surface area contributed by atoms with Gasteiger partial charge in [-0.3, -0.25) is 0 Å². The van der Waals surface area contributed by atoms with E-state index in [0.29, 0.717) is 17.7 Å². The topological polar surface area (TPSA) is 77.4 Å². The Morgan fingerprint density at radius 1 is 0.946 bits per heavy atom. The van der Waals surface area contributed by atoms with Gasteiger partial charge in [-0.15, -0.1) is 0 Å². The van der Waals surface area contributed by atoms with E-state index in [2.05, 4.69) is 50.2 Å². The predicted molar refractivity (Wildman–Crippen MR) is 149 cm³/mol. The average molecular weight is 588 g/mol. The first kappa shape index (κ1) is 30.0. The SMILES string of the molecule is C=C(CC[C@@H](O)[C@]1(C)CC[C@@H](C(C)(C)O)O1)[C@@H]1CC[C@@H]2O[C@H]([C@@]3(C)CC[C@@H](Br)C(C)(C)O3)CC[C@@]2(C)O1. The summed E-state index contributed by atoms with van der Waals surface area (Å²) in [6.07, 6.45) is 7.74. The molecule has 0 radical (unpaired) electrons. The summed E-state index contributed by atoms with van der Waals surface area (Å²) in [5.41, 5.74) is -1.34. The lowest BCUT2D eigenvalue weighted by molar-refractivity contribution is -0.285. The Morgan fingerprint density at radius 3 is 2.22 bits per heavy atom. The second-order valence-electron chi connectivity index (χ2n) is 14.0. The molecule has 9 atom stereocenters. The van der Waals surface area contributed by atoms with Gasteiger partial charge < -0.3 is 29.2 Å². The van der Waals surface area contributed by atoms with Gasteiger partial charge in [0.2, 0.25) is 0 Å². The molecule has 4 heterocycles. The largest absolute Gasteiger partial charge is 0.390 e. The normalized spacial score (nSPS) is 45.3. The first-order valence-corrected chi connectivity index (χ1v) is 15.3. The second kappa shape index (κ2) is 10.4. The fourth-order valence-electron chi connectivity index (χ4n) is 7.02. The fraction of sp³-hybridized carbons (Fsp3) is 0.933. The van der Waals surface area contributed by atoms with Gasteiger partial charge in [-0.25, -0.2) is 0 Å². The van der Waals surface area contributed by atoms with Crippen LogP contribution in [-0.2, 0) is 18.9 Å². The van der Waals surface area contributed by atoms with Gasteiger partial charge in [-0.1, -0.05) is 22.5 Å². The van der Waals surface area contributed by atoms with Crippen molar-refractivity contribution in [3.05, 3.63) is 12.2 Å². The van der Waals surface area contributed by atoms with E-state index < -0.39 is 17.3 Å². The van der Waals surface area contributed by atoms with E-state index in [1.54, 1.807) is 13.8 Å². The molecular weight excluding hydrogens is 536 g/mol. The zero-order valence-electron chi connectivity index (χ0n) is 24.1. The molecule has 0 aromatic carbocycles. The Kier molecular flexibility index (Phi) is 8.44. The van der Waals surface area contributed by atoms with E-state index in [4.69, 9.17) is 18.9 Å². The molecule has 0 bridgehead atoms. The molecule has 0 aromatic rings. The Labute approximate surface area is 233 Å². The summed E-state index contributed by atoms with van der Waals surface area (Å²) in [5.74, 6) is 0. The molecule has 214 valence electrons. The van der Waals surface area contributed by atoms with Gasteiger partial charge in [-0.2, -0.15) is 0 Å². The average Bonchev–Trinajstić information content (AvgIpc) is 3.22. The highest BCUT2D eigenvalue weighted by molar-refractivity contribution is 9.09. The van der Waals surface area contributed by atoms with Crippen LogP contribution >= 0.6 is 15.9 Å². The van der Waals surface area contributed by atoms with E-state index in [1.807, 2.05) is 6.92 Å². The standard InChI is InChI=1S/C30H51BrO6/c1-19(9-11-22(32)28(6)17-14-23(36-28)26(2,3)33)20-10-12-24-29(7,35-20)18-15-25(34-24)30(8)16-13-21(31)27(4,5)37-30/h20-25,32-33H,1,9-18H2,2-8H3/t20-,21+,22+,23-,24-,25-,28-,29+,30+/m0/s1. The van der Waals surface area contributed by atoms with E-state index in [1.165, 1.54) is 0 Å². The Hall–Kier alpha value is -0.0200. The minimum Gasteiger partial charge on any atom is -0.390 e. The van der Waals surface area contributed by atoms with Crippen LogP contribution in [0.5, 0.6) is 0 Å². The van der Waals surface area contributed by atoms with Crippen molar-refractivity contribution in [1.82, 2.24) is 0 Å². The molecule has 4 fully saturated rings. The molecular formula is C30H51BrO6. The molecule has 4 saturated heterocycles. The van der Waals surface area contributed by atoms with Gasteiger partial charge in [0.1, 0.15) is 0 Å². The van der Waals surface area contributed by atoms with Gasteiger partial charge in [0.15, 0.2) is 0 Å². The summed E-state index contributed by atoms with van der Waals surface area (Å²) in [7, 11) is 0. The zero-order valence-corrected chi connectivity index (χ0v) is 25.7. The number of aliphatic hydroxyl groups is 2. The van der Waals surface area contributed by atoms with Crippen molar-refractivity contribution < 1.29 is 29.2 Å². The lowest BCUT2D eigenvalue weighted by Gasteiger charge is -2.55. The molecule has 0 aliphatic carbocycles. The molecule has 0 spiro atoms. The molecule has 4 aliphatic rings. The summed E-state index contributed by atoms with van der Waals surface area (Å²) in [4.78, 5) is 0.357. The van der Waals surface area contributed by atoms with E-state index in [0.717, 1.165) is 56.9 Å². The van der Waals surface area contributed by atoms with Crippen molar-refractivity contribution in [2.75, 3.05) is 0 Å². The number of fused-ring (bicyclic) bond motifs is 1. The molecule has 0 unspecified atom stereocenters. The molecule has 4 aliphatic heterocycles. The van der Waals surface area contributed by atoms with Crippen LogP contribution in [0, 0.1) is 0 Å². The van der Waals surface area contributed by atoms with Crippen LogP contribution in [0.2, 0.25) is 0 Å². The summed E-state index contributed by atoms with van der Waals surface area (Å²) in [6.45, 7) is 18.6. The maximum absolute atomic E-state index is 11.0. The number of hydrogen-bond donors (Lipinski definition) is 2. The fourth-order valence-corrected chi connectivity index (χ4v) is 7.34. The predicted octanol–water partition coefficient (Wildman–Crippen LogP) is 5.99. The maximum atomic E-state index is 11.0. The highest BCUT2D eigenvalue weighted by atomic mass is 79.9. The summed E-state index contributed by atoms with van der Waals surface area (Å²) in [5, 5.41) is 21.3. The van der Waals surface area contributed by atoms with E-state index in [-0.39, 0.29) is 41.2 Å². The monoisotopic (exact) mass is 586 g/mol. The highest BCUT2D eigenvalue weighted by Crippen LogP contribution is 2.48. The van der Waals surface area contributed by atoms with Crippen molar-refractivity contribution in [1.29, 1.82) is 0 Å². The lowest BCUT2D eigenvalue weighted by Crippen LogP contribution is -2.62. The molecule has 0 saturated carbocycles. The number of alkyl halides is 1. The van der Waals surface area contributed by atoms with Crippen LogP contribution in [0.15, 0.2) is 12.2 Å². The van der Waals surface area contributed by atoms with Crippen LogP contribution in [0.1, 0.15) is 113 Å². The molecule has 7 heteroatoms. The summed E-state index contributed by atoms with van der Waals surface area (Å²) < 4.78 is 26.2. The third-order valence-electron chi connectivity index (χ3n) is 9.84. The quantitative estimate of drug-likeness (QED) is 0.282. The number of hydrogen-bond acceptors (Lipinski definition) is 6. The minimum absolute atomic E-state index is 0.0235. The highest BCUT2D eigenvalue weighted by Gasteiger charge is 2.54. The number of aliphatic hydroxyl groups excluding tert-OH is 1. The maximum Gasteiger partial charge on any atom is 0.0924 e. The van der Waals surface area contributed by atoms with E-state index >= 15 is 0 Å². The third-order valence-corrected chi connectivity index (χ3v) is 11.4. The number of ether oxygens (including phenoxy) is 4. The van der Waals surface area contributed by atoms with Crippen LogP contribution in [0.25, 0.3) is 0 Å². The molecule has 37 heavy (non-hydrogen) atoms. The van der Waals surface area contributed by atoms with Gasteiger partial charge in [0, 0.05) is 4.83 Å². The van der Waals surface area contributed by atoms with Crippen LogP contribution in [0.4, 0.5) is 0 Å². The van der Waals surface area contributed by atoms with Crippen LogP contribution < -0.4 is 0 Å². The summed E-state index contributed by atoms with van der Waals surface area (Å²) >= 11 is 3.80. The van der Waals surface area contributed by atoms with Gasteiger partial charge >= 0.3 is 0 Å². The van der Waals surface area contributed by atoms with Crippen molar-refractivity contribution in [2.45, 2.75) is 176 Å². The van der Waals surface area contributed by atoms with Crippen molar-refractivity contribution in [3.63, 3.8) is 0 Å². The third kappa shape index (κ3) is 6.18. The van der Waals surface area contributed by atoms with Crippen LogP contribution in [-0.4, -0.2) is 73.6 Å². The second-order valence-corrected chi connectivity index (χ2v) is 15.1. The molecule has 0 aromatic heterocycles. The molecule has 0 amide bonds.